The zero-order valence-corrected chi connectivity index (χ0v) is 9.43. The lowest BCUT2D eigenvalue weighted by Gasteiger charge is -2.13. The second-order valence-corrected chi connectivity index (χ2v) is 4.01. The SMILES string of the molecule is Oc1c(S)cccc1C(O)c1ccccc1. The standard InChI is InChI=1S/C13H12O2S/c14-12(9-5-2-1-3-6-9)10-7-4-8-11(16)13(10)15/h1-8,12,14-16H. The number of phenols is 1. The molecule has 0 aliphatic carbocycles. The van der Waals surface area contributed by atoms with Crippen LogP contribution in [-0.2, 0) is 0 Å². The molecule has 16 heavy (non-hydrogen) atoms. The monoisotopic (exact) mass is 232 g/mol. The first-order chi connectivity index (χ1) is 7.70. The zero-order valence-electron chi connectivity index (χ0n) is 8.54. The number of thiol groups is 1. The van der Waals surface area contributed by atoms with Gasteiger partial charge in [0.25, 0.3) is 0 Å². The minimum Gasteiger partial charge on any atom is -0.506 e. The summed E-state index contributed by atoms with van der Waals surface area (Å²) in [6.07, 6.45) is -0.826. The molecule has 1 unspecified atom stereocenters. The fourth-order valence-corrected chi connectivity index (χ4v) is 1.80. The molecule has 3 heteroatoms. The number of phenolic OH excluding ortho intramolecular Hbond substituents is 1. The van der Waals surface area contributed by atoms with Gasteiger partial charge in [0.15, 0.2) is 0 Å². The molecule has 0 saturated heterocycles. The Bertz CT molecular complexity index is 483. The van der Waals surface area contributed by atoms with Gasteiger partial charge in [-0.15, -0.1) is 12.6 Å². The van der Waals surface area contributed by atoms with E-state index < -0.39 is 6.10 Å². The van der Waals surface area contributed by atoms with Gasteiger partial charge in [0, 0.05) is 10.5 Å². The van der Waals surface area contributed by atoms with Crippen molar-refractivity contribution in [3.05, 3.63) is 59.7 Å². The second-order valence-electron chi connectivity index (χ2n) is 3.53. The van der Waals surface area contributed by atoms with Crippen LogP contribution < -0.4 is 0 Å². The molecule has 0 aromatic heterocycles. The molecule has 0 saturated carbocycles. The number of para-hydroxylation sites is 1. The van der Waals surface area contributed by atoms with Gasteiger partial charge in [0.2, 0.25) is 0 Å². The number of rotatable bonds is 2. The molecule has 0 aliphatic heterocycles. The molecule has 0 bridgehead atoms. The summed E-state index contributed by atoms with van der Waals surface area (Å²) >= 11 is 4.11. The molecule has 2 nitrogen and oxygen atoms in total. The summed E-state index contributed by atoms with van der Waals surface area (Å²) < 4.78 is 0. The maximum Gasteiger partial charge on any atom is 0.135 e. The first kappa shape index (κ1) is 11.0. The average molecular weight is 232 g/mol. The summed E-state index contributed by atoms with van der Waals surface area (Å²) in [5, 5.41) is 19.9. The third kappa shape index (κ3) is 2.05. The summed E-state index contributed by atoms with van der Waals surface area (Å²) in [5.41, 5.74) is 1.22. The van der Waals surface area contributed by atoms with Crippen molar-refractivity contribution >= 4 is 12.6 Å². The van der Waals surface area contributed by atoms with Gasteiger partial charge in [-0.3, -0.25) is 0 Å². The van der Waals surface area contributed by atoms with Crippen LogP contribution in [0.4, 0.5) is 0 Å². The Hall–Kier alpha value is -1.45. The van der Waals surface area contributed by atoms with E-state index in [0.717, 1.165) is 5.56 Å². The van der Waals surface area contributed by atoms with E-state index in [4.69, 9.17) is 0 Å². The van der Waals surface area contributed by atoms with E-state index in [1.807, 2.05) is 30.3 Å². The van der Waals surface area contributed by atoms with Crippen molar-refractivity contribution in [2.24, 2.45) is 0 Å². The van der Waals surface area contributed by atoms with Crippen LogP contribution in [0.2, 0.25) is 0 Å². The van der Waals surface area contributed by atoms with Crippen LogP contribution in [0.25, 0.3) is 0 Å². The molecule has 2 N–H and O–H groups in total. The van der Waals surface area contributed by atoms with E-state index in [2.05, 4.69) is 12.6 Å². The van der Waals surface area contributed by atoms with Crippen LogP contribution in [-0.4, -0.2) is 10.2 Å². The molecule has 0 aliphatic rings. The summed E-state index contributed by atoms with van der Waals surface area (Å²) in [5.74, 6) is 0.0298. The van der Waals surface area contributed by atoms with Crippen molar-refractivity contribution in [2.75, 3.05) is 0 Å². The topological polar surface area (TPSA) is 40.5 Å². The van der Waals surface area contributed by atoms with E-state index in [9.17, 15) is 10.2 Å². The molecule has 82 valence electrons. The minimum absolute atomic E-state index is 0.0298. The van der Waals surface area contributed by atoms with Crippen molar-refractivity contribution in [1.82, 2.24) is 0 Å². The van der Waals surface area contributed by atoms with Gasteiger partial charge >= 0.3 is 0 Å². The van der Waals surface area contributed by atoms with Gasteiger partial charge in [-0.05, 0) is 11.6 Å². The number of hydrogen-bond donors (Lipinski definition) is 3. The first-order valence-corrected chi connectivity index (χ1v) is 5.38. The third-order valence-corrected chi connectivity index (χ3v) is 2.82. The van der Waals surface area contributed by atoms with Gasteiger partial charge in [-0.25, -0.2) is 0 Å². The van der Waals surface area contributed by atoms with Gasteiger partial charge in [0.05, 0.1) is 0 Å². The van der Waals surface area contributed by atoms with Crippen LogP contribution in [0.5, 0.6) is 5.75 Å². The second kappa shape index (κ2) is 4.60. The fraction of sp³-hybridized carbons (Fsp3) is 0.0769. The average Bonchev–Trinajstić information content (AvgIpc) is 2.33. The maximum atomic E-state index is 10.1. The van der Waals surface area contributed by atoms with Crippen LogP contribution in [0, 0.1) is 0 Å². The molecule has 0 spiro atoms. The zero-order chi connectivity index (χ0) is 11.5. The highest BCUT2D eigenvalue weighted by Crippen LogP contribution is 2.33. The molecule has 1 atom stereocenters. The Balaban J connectivity index is 2.42. The van der Waals surface area contributed by atoms with Crippen LogP contribution >= 0.6 is 12.6 Å². The Morgan fingerprint density at radius 1 is 0.938 bits per heavy atom. The molecule has 0 amide bonds. The highest BCUT2D eigenvalue weighted by molar-refractivity contribution is 7.80. The van der Waals surface area contributed by atoms with E-state index in [0.29, 0.717) is 10.5 Å². The van der Waals surface area contributed by atoms with Crippen LogP contribution in [0.15, 0.2) is 53.4 Å². The smallest absolute Gasteiger partial charge is 0.135 e. The van der Waals surface area contributed by atoms with Gasteiger partial charge in [-0.2, -0.15) is 0 Å². The number of benzene rings is 2. The normalized spacial score (nSPS) is 12.4. The van der Waals surface area contributed by atoms with E-state index in [1.165, 1.54) is 0 Å². The highest BCUT2D eigenvalue weighted by Gasteiger charge is 2.15. The van der Waals surface area contributed by atoms with Crippen molar-refractivity contribution in [2.45, 2.75) is 11.0 Å². The van der Waals surface area contributed by atoms with Crippen molar-refractivity contribution < 1.29 is 10.2 Å². The molecule has 2 aromatic carbocycles. The third-order valence-electron chi connectivity index (χ3n) is 2.46. The van der Waals surface area contributed by atoms with Crippen LogP contribution in [0.3, 0.4) is 0 Å². The molecule has 0 heterocycles. The molecular formula is C13H12O2S. The van der Waals surface area contributed by atoms with E-state index in [-0.39, 0.29) is 5.75 Å². The van der Waals surface area contributed by atoms with Crippen LogP contribution in [0.1, 0.15) is 17.2 Å². The quantitative estimate of drug-likeness (QED) is 0.697. The van der Waals surface area contributed by atoms with Gasteiger partial charge in [-0.1, -0.05) is 42.5 Å². The van der Waals surface area contributed by atoms with Crippen molar-refractivity contribution in [3.63, 3.8) is 0 Å². The summed E-state index contributed by atoms with van der Waals surface area (Å²) in [4.78, 5) is 0.465. The Morgan fingerprint density at radius 2 is 1.62 bits per heavy atom. The predicted molar refractivity (Wildman–Crippen MR) is 65.9 cm³/mol. The minimum atomic E-state index is -0.826. The first-order valence-electron chi connectivity index (χ1n) is 4.94. The highest BCUT2D eigenvalue weighted by atomic mass is 32.1. The summed E-state index contributed by atoms with van der Waals surface area (Å²) in [6.45, 7) is 0. The Morgan fingerprint density at radius 3 is 2.31 bits per heavy atom. The molecule has 0 fully saturated rings. The van der Waals surface area contributed by atoms with Crippen molar-refractivity contribution in [1.29, 1.82) is 0 Å². The van der Waals surface area contributed by atoms with E-state index >= 15 is 0 Å². The number of hydrogen-bond acceptors (Lipinski definition) is 3. The lowest BCUT2D eigenvalue weighted by atomic mass is 10.0. The lowest BCUT2D eigenvalue weighted by Crippen LogP contribution is -1.99. The van der Waals surface area contributed by atoms with Gasteiger partial charge in [0.1, 0.15) is 11.9 Å². The van der Waals surface area contributed by atoms with E-state index in [1.54, 1.807) is 18.2 Å². The molecule has 2 aromatic rings. The largest absolute Gasteiger partial charge is 0.506 e. The molecular weight excluding hydrogens is 220 g/mol. The Labute approximate surface area is 99.6 Å². The van der Waals surface area contributed by atoms with Crippen molar-refractivity contribution in [3.8, 4) is 5.75 Å². The predicted octanol–water partition coefficient (Wildman–Crippen LogP) is 2.76. The number of aliphatic hydroxyl groups excluding tert-OH is 1. The van der Waals surface area contributed by atoms with Gasteiger partial charge < -0.3 is 10.2 Å². The molecule has 0 radical (unpaired) electrons. The summed E-state index contributed by atoms with van der Waals surface area (Å²) in [6, 6.07) is 14.3. The fourth-order valence-electron chi connectivity index (χ4n) is 1.58. The molecule has 2 rings (SSSR count). The lowest BCUT2D eigenvalue weighted by molar-refractivity contribution is 0.215. The number of aromatic hydroxyl groups is 1. The Kier molecular flexibility index (Phi) is 3.17. The maximum absolute atomic E-state index is 10.1. The number of aliphatic hydroxyl groups is 1. The summed E-state index contributed by atoms with van der Waals surface area (Å²) in [7, 11) is 0.